The Morgan fingerprint density at radius 1 is 0.971 bits per heavy atom. The molecule has 0 saturated heterocycles. The molecule has 174 valence electrons. The molecule has 0 aliphatic heterocycles. The number of thioether (sulfide) groups is 1. The molecule has 0 radical (unpaired) electrons. The highest BCUT2D eigenvalue weighted by atomic mass is 32.2. The summed E-state index contributed by atoms with van der Waals surface area (Å²) < 4.78 is 7.06. The number of hydrogen-bond donors (Lipinski definition) is 2. The summed E-state index contributed by atoms with van der Waals surface area (Å²) in [4.78, 5) is 33.6. The first-order chi connectivity index (χ1) is 16.4. The first-order valence-corrected chi connectivity index (χ1v) is 11.7. The Balaban J connectivity index is 1.30. The lowest BCUT2D eigenvalue weighted by Crippen LogP contribution is -2.15. The van der Waals surface area contributed by atoms with E-state index in [2.05, 4.69) is 25.7 Å². The minimum atomic E-state index is -0.241. The summed E-state index contributed by atoms with van der Waals surface area (Å²) in [6, 6.07) is 15.8. The maximum absolute atomic E-state index is 12.5. The summed E-state index contributed by atoms with van der Waals surface area (Å²) in [6.07, 6.45) is 0. The SMILES string of the molecule is CCOc1ccc(NC(=O)c2ccc(NC(=O)CSc3nc4nc(C)cc(C)n4n3)cc2)cc1. The minimum Gasteiger partial charge on any atom is -0.494 e. The van der Waals surface area contributed by atoms with Crippen molar-refractivity contribution in [2.45, 2.75) is 25.9 Å². The van der Waals surface area contributed by atoms with Gasteiger partial charge < -0.3 is 15.4 Å². The smallest absolute Gasteiger partial charge is 0.255 e. The third kappa shape index (κ3) is 5.70. The van der Waals surface area contributed by atoms with Gasteiger partial charge in [0.15, 0.2) is 0 Å². The van der Waals surface area contributed by atoms with Crippen molar-refractivity contribution in [3.8, 4) is 5.75 Å². The summed E-state index contributed by atoms with van der Waals surface area (Å²) in [5.74, 6) is 0.970. The van der Waals surface area contributed by atoms with Crippen LogP contribution in [0, 0.1) is 13.8 Å². The number of nitrogens with one attached hydrogen (secondary N) is 2. The predicted octanol–water partition coefficient (Wildman–Crippen LogP) is 4.12. The van der Waals surface area contributed by atoms with Crippen molar-refractivity contribution in [1.29, 1.82) is 0 Å². The number of hydrogen-bond acceptors (Lipinski definition) is 7. The van der Waals surface area contributed by atoms with Crippen molar-refractivity contribution < 1.29 is 14.3 Å². The van der Waals surface area contributed by atoms with Gasteiger partial charge in [0.25, 0.3) is 11.7 Å². The topological polar surface area (TPSA) is 111 Å². The molecule has 0 unspecified atom stereocenters. The van der Waals surface area contributed by atoms with Gasteiger partial charge in [-0.1, -0.05) is 11.8 Å². The molecule has 2 aromatic heterocycles. The maximum atomic E-state index is 12.5. The quantitative estimate of drug-likeness (QED) is 0.368. The summed E-state index contributed by atoms with van der Waals surface area (Å²) in [6.45, 7) is 6.33. The molecule has 0 spiro atoms. The first kappa shape index (κ1) is 23.2. The lowest BCUT2D eigenvalue weighted by Gasteiger charge is -2.08. The van der Waals surface area contributed by atoms with Gasteiger partial charge in [0.1, 0.15) is 5.75 Å². The normalized spacial score (nSPS) is 10.8. The van der Waals surface area contributed by atoms with Crippen LogP contribution >= 0.6 is 11.8 Å². The second-order valence-electron chi connectivity index (χ2n) is 7.47. The number of anilines is 2. The predicted molar refractivity (Wildman–Crippen MR) is 132 cm³/mol. The van der Waals surface area contributed by atoms with Gasteiger partial charge in [-0.3, -0.25) is 9.59 Å². The van der Waals surface area contributed by atoms with Crippen molar-refractivity contribution in [3.63, 3.8) is 0 Å². The van der Waals surface area contributed by atoms with Gasteiger partial charge >= 0.3 is 0 Å². The van der Waals surface area contributed by atoms with Gasteiger partial charge in [0.05, 0.1) is 12.4 Å². The molecular formula is C24H24N6O3S. The van der Waals surface area contributed by atoms with Gasteiger partial charge in [-0.25, -0.2) is 9.50 Å². The number of carbonyl (C=O) groups excluding carboxylic acids is 2. The van der Waals surface area contributed by atoms with Crippen LogP contribution in [0.5, 0.6) is 5.75 Å². The standard InChI is InChI=1S/C24H24N6O3S/c1-4-33-20-11-9-19(10-12-20)27-22(32)17-5-7-18(8-6-17)26-21(31)14-34-24-28-23-25-15(2)13-16(3)30(23)29-24/h5-13H,4,14H2,1-3H3,(H,26,31)(H,27,32). The van der Waals surface area contributed by atoms with Crippen LogP contribution in [0.4, 0.5) is 11.4 Å². The van der Waals surface area contributed by atoms with Crippen LogP contribution in [-0.4, -0.2) is 43.8 Å². The Morgan fingerprint density at radius 2 is 1.65 bits per heavy atom. The van der Waals surface area contributed by atoms with Crippen LogP contribution in [0.2, 0.25) is 0 Å². The number of nitrogens with zero attached hydrogens (tertiary/aromatic N) is 4. The van der Waals surface area contributed by atoms with Crippen LogP contribution in [0.3, 0.4) is 0 Å². The summed E-state index contributed by atoms with van der Waals surface area (Å²) in [5, 5.41) is 10.5. The zero-order valence-corrected chi connectivity index (χ0v) is 19.8. The Bertz CT molecular complexity index is 1320. The van der Waals surface area contributed by atoms with Crippen molar-refractivity contribution in [3.05, 3.63) is 71.5 Å². The fraction of sp³-hybridized carbons (Fsp3) is 0.208. The first-order valence-electron chi connectivity index (χ1n) is 10.7. The van der Waals surface area contributed by atoms with E-state index in [1.54, 1.807) is 53.0 Å². The van der Waals surface area contributed by atoms with E-state index in [4.69, 9.17) is 4.74 Å². The molecule has 10 heteroatoms. The summed E-state index contributed by atoms with van der Waals surface area (Å²) >= 11 is 1.23. The molecule has 2 aromatic carbocycles. The highest BCUT2D eigenvalue weighted by Crippen LogP contribution is 2.18. The van der Waals surface area contributed by atoms with Crippen LogP contribution in [-0.2, 0) is 4.79 Å². The number of fused-ring (bicyclic) bond motifs is 1. The van der Waals surface area contributed by atoms with E-state index in [0.717, 1.165) is 17.1 Å². The maximum Gasteiger partial charge on any atom is 0.255 e. The zero-order chi connectivity index (χ0) is 24.1. The fourth-order valence-electron chi connectivity index (χ4n) is 3.25. The third-order valence-electron chi connectivity index (χ3n) is 4.79. The molecule has 0 bridgehead atoms. The number of benzene rings is 2. The van der Waals surface area contributed by atoms with Crippen LogP contribution in [0.1, 0.15) is 28.7 Å². The number of aryl methyl sites for hydroxylation is 2. The van der Waals surface area contributed by atoms with E-state index in [-0.39, 0.29) is 17.6 Å². The number of ether oxygens (including phenoxy) is 1. The number of aromatic nitrogens is 4. The molecule has 0 atom stereocenters. The molecule has 2 N–H and O–H groups in total. The molecule has 34 heavy (non-hydrogen) atoms. The third-order valence-corrected chi connectivity index (χ3v) is 5.62. The number of amides is 2. The average Bonchev–Trinajstić information content (AvgIpc) is 3.23. The summed E-state index contributed by atoms with van der Waals surface area (Å²) in [7, 11) is 0. The minimum absolute atomic E-state index is 0.148. The second-order valence-corrected chi connectivity index (χ2v) is 8.41. The van der Waals surface area contributed by atoms with E-state index in [1.165, 1.54) is 11.8 Å². The molecule has 9 nitrogen and oxygen atoms in total. The highest BCUT2D eigenvalue weighted by Gasteiger charge is 2.12. The van der Waals surface area contributed by atoms with Gasteiger partial charge in [0, 0.05) is 28.3 Å². The van der Waals surface area contributed by atoms with E-state index in [9.17, 15) is 9.59 Å². The van der Waals surface area contributed by atoms with Gasteiger partial charge in [-0.05, 0) is 75.4 Å². The largest absolute Gasteiger partial charge is 0.494 e. The molecule has 0 aliphatic rings. The molecule has 0 saturated carbocycles. The fourth-order valence-corrected chi connectivity index (χ4v) is 3.86. The molecule has 4 aromatic rings. The van der Waals surface area contributed by atoms with E-state index >= 15 is 0 Å². The Labute approximate surface area is 201 Å². The average molecular weight is 477 g/mol. The number of carbonyl (C=O) groups is 2. The molecule has 2 amide bonds. The van der Waals surface area contributed by atoms with E-state index < -0.39 is 0 Å². The second kappa shape index (κ2) is 10.3. The van der Waals surface area contributed by atoms with Gasteiger partial charge in [-0.15, -0.1) is 5.10 Å². The highest BCUT2D eigenvalue weighted by molar-refractivity contribution is 7.99. The van der Waals surface area contributed by atoms with Gasteiger partial charge in [0.2, 0.25) is 11.1 Å². The van der Waals surface area contributed by atoms with Crippen molar-refractivity contribution in [2.75, 3.05) is 23.0 Å². The zero-order valence-electron chi connectivity index (χ0n) is 19.0. The van der Waals surface area contributed by atoms with Crippen LogP contribution < -0.4 is 15.4 Å². The van der Waals surface area contributed by atoms with Crippen molar-refractivity contribution in [2.24, 2.45) is 0 Å². The Kier molecular flexibility index (Phi) is 7.07. The van der Waals surface area contributed by atoms with Gasteiger partial charge in [-0.2, -0.15) is 4.98 Å². The lowest BCUT2D eigenvalue weighted by atomic mass is 10.2. The van der Waals surface area contributed by atoms with Crippen molar-refractivity contribution in [1.82, 2.24) is 19.6 Å². The van der Waals surface area contributed by atoms with Crippen LogP contribution in [0.15, 0.2) is 59.8 Å². The molecule has 2 heterocycles. The Hall–Kier alpha value is -3.92. The van der Waals surface area contributed by atoms with E-state index in [1.807, 2.05) is 26.8 Å². The van der Waals surface area contributed by atoms with Crippen molar-refractivity contribution >= 4 is 40.7 Å². The molecule has 0 fully saturated rings. The lowest BCUT2D eigenvalue weighted by molar-refractivity contribution is -0.113. The monoisotopic (exact) mass is 476 g/mol. The molecule has 0 aliphatic carbocycles. The Morgan fingerprint density at radius 3 is 2.35 bits per heavy atom. The molecule has 4 rings (SSSR count). The van der Waals surface area contributed by atoms with Crippen LogP contribution in [0.25, 0.3) is 5.78 Å². The number of rotatable bonds is 8. The summed E-state index contributed by atoms with van der Waals surface area (Å²) in [5.41, 5.74) is 3.54. The molecular weight excluding hydrogens is 452 g/mol. The van der Waals surface area contributed by atoms with E-state index in [0.29, 0.717) is 34.5 Å².